The van der Waals surface area contributed by atoms with E-state index in [9.17, 15) is 0 Å². The highest BCUT2D eigenvalue weighted by Gasteiger charge is 2.00. The van der Waals surface area contributed by atoms with E-state index in [1.54, 1.807) is 6.20 Å². The molecule has 1 aromatic carbocycles. The van der Waals surface area contributed by atoms with Gasteiger partial charge in [-0.05, 0) is 24.3 Å². The van der Waals surface area contributed by atoms with E-state index in [1.165, 1.54) is 6.33 Å². The van der Waals surface area contributed by atoms with Crippen LogP contribution in [-0.2, 0) is 6.54 Å². The zero-order chi connectivity index (χ0) is 14.3. The average Bonchev–Trinajstić information content (AvgIpc) is 2.55. The molecule has 104 valence electrons. The van der Waals surface area contributed by atoms with Crippen molar-refractivity contribution in [1.29, 1.82) is 0 Å². The van der Waals surface area contributed by atoms with Crippen LogP contribution in [0.4, 0.5) is 17.3 Å². The standard InChI is InChI=1S/C16H15N5/c1-2-6-13(7-3-1)21-16-10-15(19-12-20-16)18-11-14-8-4-5-9-17-14/h1-10,12H,11H2,(H2,18,19,20,21). The Balaban J connectivity index is 1.66. The van der Waals surface area contributed by atoms with Gasteiger partial charge in [0.05, 0.1) is 12.2 Å². The highest BCUT2D eigenvalue weighted by molar-refractivity contribution is 5.58. The van der Waals surface area contributed by atoms with Gasteiger partial charge in [-0.3, -0.25) is 4.98 Å². The lowest BCUT2D eigenvalue weighted by molar-refractivity contribution is 1.02. The van der Waals surface area contributed by atoms with Crippen LogP contribution in [0.5, 0.6) is 0 Å². The smallest absolute Gasteiger partial charge is 0.135 e. The number of rotatable bonds is 5. The van der Waals surface area contributed by atoms with Crippen LogP contribution in [0, 0.1) is 0 Å². The van der Waals surface area contributed by atoms with Gasteiger partial charge in [-0.15, -0.1) is 0 Å². The number of pyridine rings is 1. The van der Waals surface area contributed by atoms with Crippen LogP contribution in [0.3, 0.4) is 0 Å². The summed E-state index contributed by atoms with van der Waals surface area (Å²) >= 11 is 0. The Morgan fingerprint density at radius 1 is 0.810 bits per heavy atom. The minimum Gasteiger partial charge on any atom is -0.364 e. The number of hydrogen-bond donors (Lipinski definition) is 2. The minimum absolute atomic E-state index is 0.628. The van der Waals surface area contributed by atoms with Crippen LogP contribution in [0.1, 0.15) is 5.69 Å². The number of aromatic nitrogens is 3. The van der Waals surface area contributed by atoms with Crippen molar-refractivity contribution in [3.05, 3.63) is 72.8 Å². The molecule has 0 spiro atoms. The van der Waals surface area contributed by atoms with Crippen molar-refractivity contribution in [2.24, 2.45) is 0 Å². The first-order valence-corrected chi connectivity index (χ1v) is 6.68. The van der Waals surface area contributed by atoms with Crippen molar-refractivity contribution in [2.45, 2.75) is 6.54 Å². The van der Waals surface area contributed by atoms with Crippen LogP contribution in [0.25, 0.3) is 0 Å². The quantitative estimate of drug-likeness (QED) is 0.749. The summed E-state index contributed by atoms with van der Waals surface area (Å²) < 4.78 is 0. The van der Waals surface area contributed by atoms with Crippen LogP contribution in [-0.4, -0.2) is 15.0 Å². The van der Waals surface area contributed by atoms with Gasteiger partial charge in [-0.25, -0.2) is 9.97 Å². The Morgan fingerprint density at radius 3 is 2.43 bits per heavy atom. The number of hydrogen-bond acceptors (Lipinski definition) is 5. The van der Waals surface area contributed by atoms with Crippen LogP contribution < -0.4 is 10.6 Å². The fourth-order valence-electron chi connectivity index (χ4n) is 1.88. The van der Waals surface area contributed by atoms with E-state index >= 15 is 0 Å². The molecule has 21 heavy (non-hydrogen) atoms. The van der Waals surface area contributed by atoms with E-state index < -0.39 is 0 Å². The molecule has 3 rings (SSSR count). The fraction of sp³-hybridized carbons (Fsp3) is 0.0625. The maximum absolute atomic E-state index is 4.26. The zero-order valence-corrected chi connectivity index (χ0v) is 11.4. The summed E-state index contributed by atoms with van der Waals surface area (Å²) in [6, 6.07) is 17.6. The molecule has 2 aromatic heterocycles. The average molecular weight is 277 g/mol. The normalized spacial score (nSPS) is 10.1. The molecule has 0 bridgehead atoms. The first-order chi connectivity index (χ1) is 10.4. The summed E-state index contributed by atoms with van der Waals surface area (Å²) in [6.45, 7) is 0.628. The summed E-state index contributed by atoms with van der Waals surface area (Å²) in [5.74, 6) is 1.51. The first-order valence-electron chi connectivity index (χ1n) is 6.68. The molecular weight excluding hydrogens is 262 g/mol. The predicted molar refractivity (Wildman–Crippen MR) is 83.3 cm³/mol. The first kappa shape index (κ1) is 13.1. The number of benzene rings is 1. The number of nitrogens with zero attached hydrogens (tertiary/aromatic N) is 3. The molecule has 0 fully saturated rings. The van der Waals surface area contributed by atoms with E-state index in [-0.39, 0.29) is 0 Å². The van der Waals surface area contributed by atoms with Crippen molar-refractivity contribution in [2.75, 3.05) is 10.6 Å². The van der Waals surface area contributed by atoms with Gasteiger partial charge >= 0.3 is 0 Å². The summed E-state index contributed by atoms with van der Waals surface area (Å²) in [5, 5.41) is 6.47. The second-order valence-electron chi connectivity index (χ2n) is 4.45. The van der Waals surface area contributed by atoms with Gasteiger partial charge in [0.1, 0.15) is 18.0 Å². The number of nitrogens with one attached hydrogen (secondary N) is 2. The molecule has 5 nitrogen and oxygen atoms in total. The molecule has 0 aliphatic rings. The van der Waals surface area contributed by atoms with Gasteiger partial charge in [-0.1, -0.05) is 24.3 Å². The summed E-state index contributed by atoms with van der Waals surface area (Å²) in [4.78, 5) is 12.7. The Kier molecular flexibility index (Phi) is 4.02. The van der Waals surface area contributed by atoms with E-state index in [2.05, 4.69) is 25.6 Å². The Morgan fingerprint density at radius 2 is 1.62 bits per heavy atom. The third-order valence-electron chi connectivity index (χ3n) is 2.89. The second-order valence-corrected chi connectivity index (χ2v) is 4.45. The van der Waals surface area contributed by atoms with Crippen LogP contribution >= 0.6 is 0 Å². The largest absolute Gasteiger partial charge is 0.364 e. The van der Waals surface area contributed by atoms with Crippen molar-refractivity contribution >= 4 is 17.3 Å². The van der Waals surface area contributed by atoms with Gasteiger partial charge in [-0.2, -0.15) is 0 Å². The summed E-state index contributed by atoms with van der Waals surface area (Å²) in [5.41, 5.74) is 1.96. The molecule has 0 aliphatic heterocycles. The lowest BCUT2D eigenvalue weighted by Gasteiger charge is -2.08. The van der Waals surface area contributed by atoms with E-state index in [4.69, 9.17) is 0 Å². The maximum atomic E-state index is 4.26. The van der Waals surface area contributed by atoms with Crippen molar-refractivity contribution in [3.63, 3.8) is 0 Å². The van der Waals surface area contributed by atoms with Gasteiger partial charge < -0.3 is 10.6 Å². The summed E-state index contributed by atoms with van der Waals surface area (Å²) in [6.07, 6.45) is 3.31. The summed E-state index contributed by atoms with van der Waals surface area (Å²) in [7, 11) is 0. The van der Waals surface area contributed by atoms with Crippen LogP contribution in [0.2, 0.25) is 0 Å². The molecule has 0 saturated heterocycles. The van der Waals surface area contributed by atoms with Gasteiger partial charge in [0.25, 0.3) is 0 Å². The molecule has 0 atom stereocenters. The predicted octanol–water partition coefficient (Wildman–Crippen LogP) is 3.23. The molecule has 3 aromatic rings. The molecule has 5 heteroatoms. The SMILES string of the molecule is c1ccc(Nc2cc(NCc3ccccn3)ncn2)cc1. The molecular formula is C16H15N5. The second kappa shape index (κ2) is 6.47. The highest BCUT2D eigenvalue weighted by atomic mass is 15.1. The van der Waals surface area contributed by atoms with Crippen LogP contribution in [0.15, 0.2) is 67.1 Å². The van der Waals surface area contributed by atoms with Gasteiger partial charge in [0.15, 0.2) is 0 Å². The van der Waals surface area contributed by atoms with E-state index in [0.29, 0.717) is 6.54 Å². The highest BCUT2D eigenvalue weighted by Crippen LogP contribution is 2.15. The number of anilines is 3. The molecule has 2 N–H and O–H groups in total. The molecule has 0 saturated carbocycles. The third-order valence-corrected chi connectivity index (χ3v) is 2.89. The zero-order valence-electron chi connectivity index (χ0n) is 11.4. The lowest BCUT2D eigenvalue weighted by Crippen LogP contribution is -2.04. The number of para-hydroxylation sites is 1. The Hall–Kier alpha value is -2.95. The Labute approximate surface area is 123 Å². The fourth-order valence-corrected chi connectivity index (χ4v) is 1.88. The van der Waals surface area contributed by atoms with Crippen molar-refractivity contribution < 1.29 is 0 Å². The maximum Gasteiger partial charge on any atom is 0.135 e. The topological polar surface area (TPSA) is 62.7 Å². The minimum atomic E-state index is 0.628. The molecule has 0 aliphatic carbocycles. The molecule has 0 radical (unpaired) electrons. The van der Waals surface area contributed by atoms with Crippen molar-refractivity contribution in [1.82, 2.24) is 15.0 Å². The van der Waals surface area contributed by atoms with E-state index in [0.717, 1.165) is 23.0 Å². The Bertz CT molecular complexity index is 685. The van der Waals surface area contributed by atoms with E-state index in [1.807, 2.05) is 54.6 Å². The molecule has 2 heterocycles. The molecule has 0 unspecified atom stereocenters. The molecule has 0 amide bonds. The van der Waals surface area contributed by atoms with Crippen molar-refractivity contribution in [3.8, 4) is 0 Å². The van der Waals surface area contributed by atoms with Gasteiger partial charge in [0.2, 0.25) is 0 Å². The van der Waals surface area contributed by atoms with Gasteiger partial charge in [0, 0.05) is 18.0 Å². The lowest BCUT2D eigenvalue weighted by atomic mass is 10.3. The third kappa shape index (κ3) is 3.76. The monoisotopic (exact) mass is 277 g/mol.